The van der Waals surface area contributed by atoms with E-state index in [0.29, 0.717) is 5.56 Å². The van der Waals surface area contributed by atoms with Crippen molar-refractivity contribution in [2.24, 2.45) is 0 Å². The van der Waals surface area contributed by atoms with Crippen LogP contribution in [0.4, 0.5) is 26.3 Å². The van der Waals surface area contributed by atoms with E-state index in [1.165, 1.54) is 12.1 Å². The van der Waals surface area contributed by atoms with Crippen molar-refractivity contribution in [3.05, 3.63) is 29.8 Å². The summed E-state index contributed by atoms with van der Waals surface area (Å²) in [4.78, 5) is 10.9. The second-order valence-corrected chi connectivity index (χ2v) is 3.65. The fraction of sp³-hybridized carbons (Fsp3) is 0.364. The van der Waals surface area contributed by atoms with Crippen LogP contribution in [-0.2, 0) is 11.3 Å². The molecule has 0 aliphatic rings. The second kappa shape index (κ2) is 6.49. The number of hydrogen-bond donors (Lipinski definition) is 1. The van der Waals surface area contributed by atoms with Gasteiger partial charge in [-0.25, -0.2) is 13.2 Å². The quantitative estimate of drug-likeness (QED) is 0.849. The summed E-state index contributed by atoms with van der Waals surface area (Å²) in [6.45, 7) is -0.293. The zero-order valence-corrected chi connectivity index (χ0v) is 9.76. The average molecular weight is 301 g/mol. The number of rotatable bonds is 5. The standard InChI is InChI=1S/C11H9F6NO2/c12-8(9(13)14)10(19)18-5-6-1-3-7(4-2-6)20-11(15,16)17/h1-4,8-9H,5H2,(H,18,19). The Labute approximate surface area is 109 Å². The molecule has 1 atom stereocenters. The SMILES string of the molecule is O=C(NCc1ccc(OC(F)(F)F)cc1)C(F)C(F)F. The summed E-state index contributed by atoms with van der Waals surface area (Å²) < 4.78 is 75.5. The van der Waals surface area contributed by atoms with Gasteiger partial charge in [0.2, 0.25) is 6.17 Å². The van der Waals surface area contributed by atoms with Gasteiger partial charge in [0.05, 0.1) is 0 Å². The number of hydrogen-bond acceptors (Lipinski definition) is 2. The highest BCUT2D eigenvalue weighted by atomic mass is 19.4. The van der Waals surface area contributed by atoms with Gasteiger partial charge in [-0.05, 0) is 17.7 Å². The van der Waals surface area contributed by atoms with Crippen LogP contribution >= 0.6 is 0 Å². The fourth-order valence-electron chi connectivity index (χ4n) is 1.21. The highest BCUT2D eigenvalue weighted by Crippen LogP contribution is 2.22. The van der Waals surface area contributed by atoms with Gasteiger partial charge in [0.15, 0.2) is 0 Å². The summed E-state index contributed by atoms with van der Waals surface area (Å²) in [7, 11) is 0. The summed E-state index contributed by atoms with van der Waals surface area (Å²) in [6, 6.07) is 4.32. The Hall–Kier alpha value is -1.93. The molecule has 0 fully saturated rings. The van der Waals surface area contributed by atoms with Gasteiger partial charge in [0.25, 0.3) is 12.3 Å². The summed E-state index contributed by atoms with van der Waals surface area (Å²) in [5.74, 6) is -1.96. The van der Waals surface area contributed by atoms with Crippen molar-refractivity contribution >= 4 is 5.91 Å². The van der Waals surface area contributed by atoms with Crippen LogP contribution in [0.1, 0.15) is 5.56 Å². The Morgan fingerprint density at radius 1 is 1.15 bits per heavy atom. The predicted molar refractivity (Wildman–Crippen MR) is 55.9 cm³/mol. The molecule has 0 saturated heterocycles. The van der Waals surface area contributed by atoms with E-state index in [4.69, 9.17) is 0 Å². The van der Waals surface area contributed by atoms with Crippen LogP contribution in [0.25, 0.3) is 0 Å². The number of halogens is 6. The lowest BCUT2D eigenvalue weighted by Gasteiger charge is -2.10. The van der Waals surface area contributed by atoms with Gasteiger partial charge >= 0.3 is 6.36 Å². The van der Waals surface area contributed by atoms with Gasteiger partial charge in [-0.15, -0.1) is 13.2 Å². The molecule has 1 aromatic rings. The van der Waals surface area contributed by atoms with Crippen molar-refractivity contribution in [2.45, 2.75) is 25.5 Å². The lowest BCUT2D eigenvalue weighted by molar-refractivity contribution is -0.274. The van der Waals surface area contributed by atoms with Crippen LogP contribution < -0.4 is 10.1 Å². The number of alkyl halides is 6. The van der Waals surface area contributed by atoms with Gasteiger partial charge in [-0.3, -0.25) is 4.79 Å². The zero-order valence-electron chi connectivity index (χ0n) is 9.76. The van der Waals surface area contributed by atoms with Crippen LogP contribution in [0.3, 0.4) is 0 Å². The minimum atomic E-state index is -4.82. The third-order valence-corrected chi connectivity index (χ3v) is 2.10. The Kier molecular flexibility index (Phi) is 5.23. The minimum Gasteiger partial charge on any atom is -0.406 e. The largest absolute Gasteiger partial charge is 0.573 e. The molecule has 0 radical (unpaired) electrons. The Morgan fingerprint density at radius 2 is 1.70 bits per heavy atom. The summed E-state index contributed by atoms with van der Waals surface area (Å²) in [5.41, 5.74) is 0.300. The monoisotopic (exact) mass is 301 g/mol. The van der Waals surface area contributed by atoms with Crippen molar-refractivity contribution in [3.63, 3.8) is 0 Å². The Bertz CT molecular complexity index is 445. The Balaban J connectivity index is 2.52. The lowest BCUT2D eigenvalue weighted by Crippen LogP contribution is -2.35. The van der Waals surface area contributed by atoms with Crippen molar-refractivity contribution < 1.29 is 35.9 Å². The molecule has 112 valence electrons. The Morgan fingerprint density at radius 3 is 2.15 bits per heavy atom. The van der Waals surface area contributed by atoms with Crippen molar-refractivity contribution in [3.8, 4) is 5.75 Å². The molecule has 1 rings (SSSR count). The van der Waals surface area contributed by atoms with E-state index in [0.717, 1.165) is 12.1 Å². The predicted octanol–water partition coefficient (Wildman–Crippen LogP) is 2.80. The second-order valence-electron chi connectivity index (χ2n) is 3.65. The molecule has 1 aromatic carbocycles. The normalized spacial score (nSPS) is 13.2. The van der Waals surface area contributed by atoms with E-state index in [9.17, 15) is 31.1 Å². The molecule has 0 spiro atoms. The number of carbonyl (C=O) groups excluding carboxylic acids is 1. The van der Waals surface area contributed by atoms with Gasteiger partial charge in [-0.2, -0.15) is 0 Å². The molecule has 1 N–H and O–H groups in total. The molecule has 1 amide bonds. The molecular formula is C11H9F6NO2. The van der Waals surface area contributed by atoms with Crippen LogP contribution in [0.5, 0.6) is 5.75 Å². The molecule has 0 aliphatic carbocycles. The first-order valence-electron chi connectivity index (χ1n) is 5.23. The fourth-order valence-corrected chi connectivity index (χ4v) is 1.21. The molecule has 3 nitrogen and oxygen atoms in total. The van der Waals surface area contributed by atoms with E-state index < -0.39 is 30.6 Å². The molecular weight excluding hydrogens is 292 g/mol. The molecule has 1 unspecified atom stereocenters. The number of benzene rings is 1. The number of carbonyl (C=O) groups is 1. The topological polar surface area (TPSA) is 38.3 Å². The molecule has 0 aromatic heterocycles. The zero-order chi connectivity index (χ0) is 15.3. The van der Waals surface area contributed by atoms with E-state index in [2.05, 4.69) is 4.74 Å². The smallest absolute Gasteiger partial charge is 0.406 e. The summed E-state index contributed by atoms with van der Waals surface area (Å²) in [5, 5.41) is 1.89. The third kappa shape index (κ3) is 5.37. The molecule has 0 aliphatic heterocycles. The van der Waals surface area contributed by atoms with Gasteiger partial charge in [0.1, 0.15) is 5.75 Å². The highest BCUT2D eigenvalue weighted by molar-refractivity contribution is 5.80. The number of amides is 1. The minimum absolute atomic E-state index is 0.293. The van der Waals surface area contributed by atoms with Crippen LogP contribution in [-0.4, -0.2) is 24.9 Å². The van der Waals surface area contributed by atoms with E-state index in [-0.39, 0.29) is 6.54 Å². The summed E-state index contributed by atoms with van der Waals surface area (Å²) in [6.07, 6.45) is -11.2. The molecule has 20 heavy (non-hydrogen) atoms. The number of nitrogens with one attached hydrogen (secondary N) is 1. The van der Waals surface area contributed by atoms with Crippen LogP contribution in [0, 0.1) is 0 Å². The first-order valence-corrected chi connectivity index (χ1v) is 5.23. The van der Waals surface area contributed by atoms with Crippen molar-refractivity contribution in [1.82, 2.24) is 5.32 Å². The maximum atomic E-state index is 12.6. The van der Waals surface area contributed by atoms with E-state index in [1.54, 1.807) is 0 Å². The first-order chi connectivity index (χ1) is 9.19. The van der Waals surface area contributed by atoms with Gasteiger partial charge < -0.3 is 10.1 Å². The average Bonchev–Trinajstić information content (AvgIpc) is 2.34. The molecule has 0 bridgehead atoms. The maximum absolute atomic E-state index is 12.6. The van der Waals surface area contributed by atoms with Gasteiger partial charge in [0, 0.05) is 6.54 Å². The first kappa shape index (κ1) is 16.1. The summed E-state index contributed by atoms with van der Waals surface area (Å²) >= 11 is 0. The molecule has 0 saturated carbocycles. The van der Waals surface area contributed by atoms with E-state index in [1.807, 2.05) is 5.32 Å². The molecule has 9 heteroatoms. The molecule has 0 heterocycles. The van der Waals surface area contributed by atoms with Crippen LogP contribution in [0.2, 0.25) is 0 Å². The van der Waals surface area contributed by atoms with Gasteiger partial charge in [-0.1, -0.05) is 12.1 Å². The highest BCUT2D eigenvalue weighted by Gasteiger charge is 2.31. The van der Waals surface area contributed by atoms with Crippen LogP contribution in [0.15, 0.2) is 24.3 Å². The maximum Gasteiger partial charge on any atom is 0.573 e. The van der Waals surface area contributed by atoms with Crippen molar-refractivity contribution in [2.75, 3.05) is 0 Å². The third-order valence-electron chi connectivity index (χ3n) is 2.10. The van der Waals surface area contributed by atoms with Crippen molar-refractivity contribution in [1.29, 1.82) is 0 Å². The van der Waals surface area contributed by atoms with E-state index >= 15 is 0 Å². The number of ether oxygens (including phenoxy) is 1. The lowest BCUT2D eigenvalue weighted by atomic mass is 10.2.